The van der Waals surface area contributed by atoms with Crippen LogP contribution in [0.5, 0.6) is 0 Å². The average Bonchev–Trinajstić information content (AvgIpc) is 2.78. The monoisotopic (exact) mass is 205 g/mol. The number of carbonyl (C=O) groups excluding carboxylic acids is 1. The Kier molecular flexibility index (Phi) is 2.37. The second kappa shape index (κ2) is 3.68. The van der Waals surface area contributed by atoms with Crippen molar-refractivity contribution in [3.05, 3.63) is 35.5 Å². The molecule has 15 heavy (non-hydrogen) atoms. The van der Waals surface area contributed by atoms with Crippen LogP contribution in [0.4, 0.5) is 0 Å². The van der Waals surface area contributed by atoms with E-state index in [1.54, 1.807) is 10.9 Å². The first-order chi connectivity index (χ1) is 7.18. The highest BCUT2D eigenvalue weighted by atomic mass is 16.3. The number of nitrogens with zero attached hydrogens (tertiary/aromatic N) is 3. The fourth-order valence-corrected chi connectivity index (χ4v) is 1.39. The molecule has 0 saturated heterocycles. The van der Waals surface area contributed by atoms with Gasteiger partial charge in [0, 0.05) is 6.92 Å². The van der Waals surface area contributed by atoms with Crippen LogP contribution in [0.1, 0.15) is 28.9 Å². The Bertz CT molecular complexity index is 471. The zero-order valence-electron chi connectivity index (χ0n) is 8.60. The smallest absolute Gasteiger partial charge is 0.181 e. The maximum Gasteiger partial charge on any atom is 0.181 e. The summed E-state index contributed by atoms with van der Waals surface area (Å²) in [5, 5.41) is 7.72. The van der Waals surface area contributed by atoms with Gasteiger partial charge in [-0.3, -0.25) is 4.79 Å². The zero-order valence-corrected chi connectivity index (χ0v) is 8.60. The Hall–Kier alpha value is -1.91. The van der Waals surface area contributed by atoms with Crippen LogP contribution in [-0.4, -0.2) is 20.8 Å². The van der Waals surface area contributed by atoms with Gasteiger partial charge in [0.15, 0.2) is 11.5 Å². The lowest BCUT2D eigenvalue weighted by Crippen LogP contribution is -2.04. The number of Topliss-reactive ketones (excluding diaryl/α,β-unsaturated/α-hetero) is 1. The maximum atomic E-state index is 11.1. The van der Waals surface area contributed by atoms with E-state index in [4.69, 9.17) is 4.42 Å². The van der Waals surface area contributed by atoms with Crippen LogP contribution < -0.4 is 0 Å². The van der Waals surface area contributed by atoms with E-state index >= 15 is 0 Å². The molecular formula is C10H11N3O2. The number of rotatable bonds is 3. The number of furan rings is 1. The van der Waals surface area contributed by atoms with E-state index < -0.39 is 0 Å². The fourth-order valence-electron chi connectivity index (χ4n) is 1.39. The number of carbonyl (C=O) groups is 1. The SMILES string of the molecule is CC(=O)c1nnn(Cc2ccco2)c1C. The van der Waals surface area contributed by atoms with E-state index in [1.807, 2.05) is 19.1 Å². The van der Waals surface area contributed by atoms with Gasteiger partial charge in [0.2, 0.25) is 0 Å². The summed E-state index contributed by atoms with van der Waals surface area (Å²) in [6.07, 6.45) is 1.60. The zero-order chi connectivity index (χ0) is 10.8. The molecule has 78 valence electrons. The van der Waals surface area contributed by atoms with Crippen molar-refractivity contribution >= 4 is 5.78 Å². The number of aromatic nitrogens is 3. The van der Waals surface area contributed by atoms with Gasteiger partial charge in [-0.05, 0) is 19.1 Å². The van der Waals surface area contributed by atoms with E-state index in [-0.39, 0.29) is 5.78 Å². The van der Waals surface area contributed by atoms with E-state index in [1.165, 1.54) is 6.92 Å². The van der Waals surface area contributed by atoms with Crippen molar-refractivity contribution in [2.45, 2.75) is 20.4 Å². The molecule has 2 heterocycles. The Balaban J connectivity index is 2.27. The molecule has 0 aromatic carbocycles. The molecule has 0 saturated carbocycles. The molecule has 0 radical (unpaired) electrons. The lowest BCUT2D eigenvalue weighted by Gasteiger charge is -1.99. The third-order valence-corrected chi connectivity index (χ3v) is 2.20. The molecule has 0 N–H and O–H groups in total. The molecule has 0 bridgehead atoms. The highest BCUT2D eigenvalue weighted by Gasteiger charge is 2.12. The molecular weight excluding hydrogens is 194 g/mol. The summed E-state index contributed by atoms with van der Waals surface area (Å²) >= 11 is 0. The average molecular weight is 205 g/mol. The molecule has 0 amide bonds. The molecule has 5 nitrogen and oxygen atoms in total. The largest absolute Gasteiger partial charge is 0.467 e. The lowest BCUT2D eigenvalue weighted by molar-refractivity contribution is 0.101. The minimum absolute atomic E-state index is 0.0711. The summed E-state index contributed by atoms with van der Waals surface area (Å²) in [6.45, 7) is 3.80. The highest BCUT2D eigenvalue weighted by Crippen LogP contribution is 2.08. The Labute approximate surface area is 86.7 Å². The summed E-state index contributed by atoms with van der Waals surface area (Å²) in [7, 11) is 0. The predicted molar refractivity (Wildman–Crippen MR) is 52.6 cm³/mol. The Morgan fingerprint density at radius 1 is 1.60 bits per heavy atom. The van der Waals surface area contributed by atoms with Gasteiger partial charge < -0.3 is 4.42 Å². The first-order valence-corrected chi connectivity index (χ1v) is 4.62. The quantitative estimate of drug-likeness (QED) is 0.711. The summed E-state index contributed by atoms with van der Waals surface area (Å²) in [5.41, 5.74) is 1.18. The molecule has 0 fully saturated rings. The molecule has 2 aromatic heterocycles. The Morgan fingerprint density at radius 3 is 2.93 bits per heavy atom. The van der Waals surface area contributed by atoms with Gasteiger partial charge in [-0.1, -0.05) is 5.21 Å². The highest BCUT2D eigenvalue weighted by molar-refractivity contribution is 5.92. The van der Waals surface area contributed by atoms with Gasteiger partial charge in [0.1, 0.15) is 12.3 Å². The van der Waals surface area contributed by atoms with E-state index in [0.717, 1.165) is 11.5 Å². The number of ketones is 1. The van der Waals surface area contributed by atoms with Crippen LogP contribution in [0, 0.1) is 6.92 Å². The predicted octanol–water partition coefficient (Wildman–Crippen LogP) is 1.43. The van der Waals surface area contributed by atoms with Crippen molar-refractivity contribution in [3.63, 3.8) is 0 Å². The molecule has 0 aliphatic heterocycles. The standard InChI is InChI=1S/C10H11N3O2/c1-7-10(8(2)14)11-12-13(7)6-9-4-3-5-15-9/h3-5H,6H2,1-2H3. The Morgan fingerprint density at radius 2 is 2.40 bits per heavy atom. The van der Waals surface area contributed by atoms with Crippen LogP contribution in [-0.2, 0) is 6.54 Å². The van der Waals surface area contributed by atoms with Crippen molar-refractivity contribution in [1.29, 1.82) is 0 Å². The molecule has 5 heteroatoms. The van der Waals surface area contributed by atoms with Crippen LogP contribution in [0.3, 0.4) is 0 Å². The van der Waals surface area contributed by atoms with Crippen LogP contribution >= 0.6 is 0 Å². The topological polar surface area (TPSA) is 60.9 Å². The molecule has 0 atom stereocenters. The van der Waals surface area contributed by atoms with Gasteiger partial charge in [-0.15, -0.1) is 5.10 Å². The van der Waals surface area contributed by atoms with Gasteiger partial charge >= 0.3 is 0 Å². The lowest BCUT2D eigenvalue weighted by atomic mass is 10.2. The summed E-state index contributed by atoms with van der Waals surface area (Å²) in [6, 6.07) is 3.67. The molecule has 2 rings (SSSR count). The van der Waals surface area contributed by atoms with Gasteiger partial charge in [0.25, 0.3) is 0 Å². The molecule has 0 unspecified atom stereocenters. The third kappa shape index (κ3) is 1.81. The van der Waals surface area contributed by atoms with Crippen LogP contribution in [0.25, 0.3) is 0 Å². The third-order valence-electron chi connectivity index (χ3n) is 2.20. The minimum atomic E-state index is -0.0711. The van der Waals surface area contributed by atoms with Crippen molar-refractivity contribution in [3.8, 4) is 0 Å². The van der Waals surface area contributed by atoms with E-state index in [9.17, 15) is 4.79 Å². The number of hydrogen-bond donors (Lipinski definition) is 0. The molecule has 2 aromatic rings. The van der Waals surface area contributed by atoms with Crippen molar-refractivity contribution in [2.24, 2.45) is 0 Å². The van der Waals surface area contributed by atoms with E-state index in [2.05, 4.69) is 10.3 Å². The number of hydrogen-bond acceptors (Lipinski definition) is 4. The molecule has 0 spiro atoms. The summed E-state index contributed by atoms with van der Waals surface area (Å²) in [5.74, 6) is 0.719. The van der Waals surface area contributed by atoms with Crippen LogP contribution in [0.2, 0.25) is 0 Å². The van der Waals surface area contributed by atoms with Gasteiger partial charge in [-0.2, -0.15) is 0 Å². The van der Waals surface area contributed by atoms with Crippen molar-refractivity contribution < 1.29 is 9.21 Å². The second-order valence-corrected chi connectivity index (χ2v) is 3.32. The first kappa shape index (κ1) is 9.64. The summed E-state index contributed by atoms with van der Waals surface area (Å²) in [4.78, 5) is 11.1. The van der Waals surface area contributed by atoms with Crippen molar-refractivity contribution in [2.75, 3.05) is 0 Å². The minimum Gasteiger partial charge on any atom is -0.467 e. The normalized spacial score (nSPS) is 10.5. The van der Waals surface area contributed by atoms with E-state index in [0.29, 0.717) is 12.2 Å². The second-order valence-electron chi connectivity index (χ2n) is 3.32. The first-order valence-electron chi connectivity index (χ1n) is 4.62. The maximum absolute atomic E-state index is 11.1. The summed E-state index contributed by atoms with van der Waals surface area (Å²) < 4.78 is 6.84. The van der Waals surface area contributed by atoms with Gasteiger partial charge in [0.05, 0.1) is 12.0 Å². The van der Waals surface area contributed by atoms with Gasteiger partial charge in [-0.25, -0.2) is 4.68 Å². The molecule has 0 aliphatic rings. The molecule has 0 aliphatic carbocycles. The van der Waals surface area contributed by atoms with Crippen LogP contribution in [0.15, 0.2) is 22.8 Å². The fraction of sp³-hybridized carbons (Fsp3) is 0.300. The van der Waals surface area contributed by atoms with Crippen molar-refractivity contribution in [1.82, 2.24) is 15.0 Å².